The number of carboxylic acids is 1. The third-order valence-corrected chi connectivity index (χ3v) is 2.88. The van der Waals surface area contributed by atoms with E-state index >= 15 is 0 Å². The number of hydrogen-bond acceptors (Lipinski definition) is 4. The van der Waals surface area contributed by atoms with Crippen molar-refractivity contribution in [3.63, 3.8) is 0 Å². The van der Waals surface area contributed by atoms with Gasteiger partial charge < -0.3 is 14.6 Å². The minimum atomic E-state index is -6.46. The molecule has 10 heteroatoms. The summed E-state index contributed by atoms with van der Waals surface area (Å²) in [4.78, 5) is 20.8. The lowest BCUT2D eigenvalue weighted by atomic mass is 10.0. The van der Waals surface area contributed by atoms with Crippen LogP contribution in [0, 0.1) is 0 Å². The zero-order chi connectivity index (χ0) is 15.8. The van der Waals surface area contributed by atoms with Crippen molar-refractivity contribution in [2.45, 2.75) is 49.6 Å². The molecule has 0 bridgehead atoms. The predicted octanol–water partition coefficient (Wildman–Crippen LogP) is 1.13. The molecule has 0 aromatic carbocycles. The lowest BCUT2D eigenvalue weighted by molar-refractivity contribution is -0.366. The smallest absolute Gasteiger partial charge is 0.411 e. The van der Waals surface area contributed by atoms with Crippen molar-refractivity contribution in [1.29, 1.82) is 0 Å². The number of carboxylic acid groups (broad SMARTS) is 1. The van der Waals surface area contributed by atoms with Crippen LogP contribution >= 0.6 is 0 Å². The van der Waals surface area contributed by atoms with Gasteiger partial charge in [0.25, 0.3) is 0 Å². The molecule has 1 saturated carbocycles. The van der Waals surface area contributed by atoms with Crippen molar-refractivity contribution in [3.05, 3.63) is 0 Å². The van der Waals surface area contributed by atoms with Crippen LogP contribution in [0.5, 0.6) is 0 Å². The van der Waals surface area contributed by atoms with Gasteiger partial charge in [-0.2, -0.15) is 26.3 Å². The molecule has 0 atom stereocenters. The zero-order valence-corrected chi connectivity index (χ0v) is 9.81. The molecule has 0 heterocycles. The van der Waals surface area contributed by atoms with Gasteiger partial charge in [0.05, 0.1) is 0 Å². The van der Waals surface area contributed by atoms with Gasteiger partial charge in [0.1, 0.15) is 12.1 Å². The first-order valence-corrected chi connectivity index (χ1v) is 5.50. The number of ether oxygens (including phenoxy) is 1. The van der Waals surface area contributed by atoms with Crippen LogP contribution in [0.1, 0.15) is 25.7 Å². The molecule has 1 fully saturated rings. The molecule has 0 N–H and O–H groups in total. The number of aliphatic carboxylic acids is 1. The Morgan fingerprint density at radius 3 is 1.80 bits per heavy atom. The van der Waals surface area contributed by atoms with E-state index in [1.165, 1.54) is 0 Å². The van der Waals surface area contributed by atoms with Gasteiger partial charge in [-0.3, -0.25) is 0 Å². The molecule has 4 nitrogen and oxygen atoms in total. The average Bonchev–Trinajstić information content (AvgIpc) is 2.80. The Kier molecular flexibility index (Phi) is 4.25. The van der Waals surface area contributed by atoms with Crippen LogP contribution in [-0.2, 0) is 14.3 Å². The Hall–Kier alpha value is -1.48. The number of halogens is 6. The molecule has 20 heavy (non-hydrogen) atoms. The van der Waals surface area contributed by atoms with Crippen LogP contribution in [0.2, 0.25) is 0 Å². The first-order valence-electron chi connectivity index (χ1n) is 5.50. The summed E-state index contributed by atoms with van der Waals surface area (Å²) < 4.78 is 81.3. The van der Waals surface area contributed by atoms with E-state index in [1.807, 2.05) is 0 Å². The quantitative estimate of drug-likeness (QED) is 0.564. The summed E-state index contributed by atoms with van der Waals surface area (Å²) in [6.45, 7) is 0. The van der Waals surface area contributed by atoms with E-state index < -0.39 is 35.8 Å². The minimum absolute atomic E-state index is 0.143. The molecule has 0 aromatic rings. The highest BCUT2D eigenvalue weighted by atomic mass is 19.3. The van der Waals surface area contributed by atoms with Gasteiger partial charge in [0.15, 0.2) is 0 Å². The van der Waals surface area contributed by atoms with Crippen molar-refractivity contribution in [2.24, 2.45) is 0 Å². The lowest BCUT2D eigenvalue weighted by Crippen LogP contribution is -2.64. The highest BCUT2D eigenvalue weighted by Crippen LogP contribution is 2.46. The van der Waals surface area contributed by atoms with E-state index in [0.29, 0.717) is 12.8 Å². The van der Waals surface area contributed by atoms with Gasteiger partial charge >= 0.3 is 23.7 Å². The van der Waals surface area contributed by atoms with Crippen LogP contribution in [0.15, 0.2) is 0 Å². The summed E-state index contributed by atoms with van der Waals surface area (Å²) in [5.41, 5.74) is 0. The van der Waals surface area contributed by atoms with Gasteiger partial charge in [-0.15, -0.1) is 0 Å². The fourth-order valence-electron chi connectivity index (χ4n) is 1.69. The van der Waals surface area contributed by atoms with Gasteiger partial charge in [-0.1, -0.05) is 0 Å². The molecule has 0 aliphatic heterocycles. The number of hydrogen-bond donors (Lipinski definition) is 0. The molecule has 0 amide bonds. The highest BCUT2D eigenvalue weighted by molar-refractivity contribution is 5.83. The molecule has 0 spiro atoms. The molecule has 116 valence electrons. The minimum Gasteiger partial charge on any atom is -0.544 e. The maximum atomic E-state index is 13.1. The molecule has 0 saturated heterocycles. The summed E-state index contributed by atoms with van der Waals surface area (Å²) in [5, 5.41) is 9.85. The van der Waals surface area contributed by atoms with Crippen LogP contribution in [-0.4, -0.2) is 35.8 Å². The van der Waals surface area contributed by atoms with E-state index in [4.69, 9.17) is 0 Å². The molecule has 1 aliphatic carbocycles. The topological polar surface area (TPSA) is 66.4 Å². The number of alkyl halides is 6. The SMILES string of the molecule is O=C([O-])C(F)(F)C(F)(F)C(F)(F)C(=O)OC1CCCC1. The maximum absolute atomic E-state index is 13.1. The van der Waals surface area contributed by atoms with Crippen LogP contribution < -0.4 is 5.11 Å². The second-order valence-electron chi connectivity index (χ2n) is 4.32. The highest BCUT2D eigenvalue weighted by Gasteiger charge is 2.76. The molecular formula is C10H9F6O4-. The standard InChI is InChI=1S/C10H10F6O4/c11-8(12,6(17)18)10(15,16)9(13,14)7(19)20-5-3-1-2-4-5/h5H,1-4H2,(H,17,18)/p-1. The summed E-state index contributed by atoms with van der Waals surface area (Å²) in [6.07, 6.45) is 0.236. The first-order chi connectivity index (χ1) is 8.94. The zero-order valence-electron chi connectivity index (χ0n) is 9.81. The molecule has 1 rings (SSSR count). The maximum Gasteiger partial charge on any atom is 0.411 e. The van der Waals surface area contributed by atoms with Crippen molar-refractivity contribution in [3.8, 4) is 0 Å². The van der Waals surface area contributed by atoms with Gasteiger partial charge in [-0.25, -0.2) is 4.79 Å². The Labute approximate surface area is 108 Å². The van der Waals surface area contributed by atoms with Gasteiger partial charge in [-0.05, 0) is 25.7 Å². The Morgan fingerprint density at radius 1 is 0.950 bits per heavy atom. The molecule has 1 aliphatic rings. The summed E-state index contributed by atoms with van der Waals surface area (Å²) in [6, 6.07) is 0. The van der Waals surface area contributed by atoms with E-state index in [9.17, 15) is 41.0 Å². The second kappa shape index (κ2) is 5.13. The van der Waals surface area contributed by atoms with E-state index in [1.54, 1.807) is 0 Å². The van der Waals surface area contributed by atoms with Crippen LogP contribution in [0.3, 0.4) is 0 Å². The molecule has 0 aromatic heterocycles. The van der Waals surface area contributed by atoms with Crippen LogP contribution in [0.25, 0.3) is 0 Å². The second-order valence-corrected chi connectivity index (χ2v) is 4.32. The fraction of sp³-hybridized carbons (Fsp3) is 0.800. The third kappa shape index (κ3) is 2.55. The summed E-state index contributed by atoms with van der Waals surface area (Å²) in [7, 11) is 0. The summed E-state index contributed by atoms with van der Waals surface area (Å²) in [5.74, 6) is -25.3. The van der Waals surface area contributed by atoms with E-state index in [-0.39, 0.29) is 12.8 Å². The number of rotatable bonds is 5. The largest absolute Gasteiger partial charge is 0.544 e. The van der Waals surface area contributed by atoms with E-state index in [0.717, 1.165) is 0 Å². The number of esters is 1. The Bertz CT molecular complexity index is 403. The van der Waals surface area contributed by atoms with E-state index in [2.05, 4.69) is 4.74 Å². The van der Waals surface area contributed by atoms with Crippen molar-refractivity contribution in [2.75, 3.05) is 0 Å². The molecular weight excluding hydrogens is 298 g/mol. The molecule has 0 radical (unpaired) electrons. The predicted molar refractivity (Wildman–Crippen MR) is 48.2 cm³/mol. The fourth-order valence-corrected chi connectivity index (χ4v) is 1.69. The average molecular weight is 307 g/mol. The van der Waals surface area contributed by atoms with Crippen molar-refractivity contribution < 1.29 is 45.8 Å². The number of carbonyl (C=O) groups is 2. The third-order valence-electron chi connectivity index (χ3n) is 2.88. The first kappa shape index (κ1) is 16.6. The van der Waals surface area contributed by atoms with Gasteiger partial charge in [0.2, 0.25) is 0 Å². The lowest BCUT2D eigenvalue weighted by Gasteiger charge is -2.32. The number of carbonyl (C=O) groups excluding carboxylic acids is 2. The Balaban J connectivity index is 2.94. The Morgan fingerprint density at radius 2 is 1.40 bits per heavy atom. The van der Waals surface area contributed by atoms with Crippen molar-refractivity contribution in [1.82, 2.24) is 0 Å². The normalized spacial score (nSPS) is 18.1. The summed E-state index contributed by atoms with van der Waals surface area (Å²) >= 11 is 0. The van der Waals surface area contributed by atoms with Gasteiger partial charge in [0, 0.05) is 0 Å². The monoisotopic (exact) mass is 307 g/mol. The van der Waals surface area contributed by atoms with Crippen molar-refractivity contribution >= 4 is 11.9 Å². The molecule has 0 unspecified atom stereocenters. The van der Waals surface area contributed by atoms with Crippen LogP contribution in [0.4, 0.5) is 26.3 Å².